The van der Waals surface area contributed by atoms with Gasteiger partial charge in [0.1, 0.15) is 5.69 Å². The Balaban J connectivity index is 1.84. The van der Waals surface area contributed by atoms with Crippen LogP contribution in [0.5, 0.6) is 0 Å². The number of rotatable bonds is 3. The molecule has 0 amide bonds. The molecular weight excluding hydrogens is 318 g/mol. The molecule has 0 N–H and O–H groups in total. The van der Waals surface area contributed by atoms with Crippen LogP contribution in [0.2, 0.25) is 5.02 Å². The zero-order valence-electron chi connectivity index (χ0n) is 12.6. The molecule has 0 bridgehead atoms. The molecule has 1 aliphatic heterocycles. The highest BCUT2D eigenvalue weighted by Gasteiger charge is 2.24. The molecule has 0 aliphatic carbocycles. The third-order valence-electron chi connectivity index (χ3n) is 3.77. The second-order valence-electron chi connectivity index (χ2n) is 5.22. The van der Waals surface area contributed by atoms with Crippen LogP contribution in [0.4, 0.5) is 0 Å². The molecule has 0 unspecified atom stereocenters. The quantitative estimate of drug-likeness (QED) is 0.829. The topological polar surface area (TPSA) is 41.6 Å². The molecule has 2 aromatic rings. The molecule has 116 valence electrons. The number of thioether (sulfide) groups is 1. The van der Waals surface area contributed by atoms with E-state index in [9.17, 15) is 0 Å². The molecule has 6 heteroatoms. The molecule has 0 fully saturated rings. The Morgan fingerprint density at radius 1 is 1.36 bits per heavy atom. The first-order valence-corrected chi connectivity index (χ1v) is 8.87. The fourth-order valence-electron chi connectivity index (χ4n) is 2.57. The van der Waals surface area contributed by atoms with Gasteiger partial charge in [-0.3, -0.25) is 4.99 Å². The summed E-state index contributed by atoms with van der Waals surface area (Å²) in [5.41, 5.74) is 1.86. The predicted octanol–water partition coefficient (Wildman–Crippen LogP) is 4.48. The van der Waals surface area contributed by atoms with Crippen LogP contribution in [0.1, 0.15) is 25.1 Å². The van der Waals surface area contributed by atoms with Gasteiger partial charge in [-0.1, -0.05) is 40.7 Å². The van der Waals surface area contributed by atoms with Gasteiger partial charge in [-0.2, -0.15) is 0 Å². The van der Waals surface area contributed by atoms with E-state index in [0.29, 0.717) is 5.02 Å². The Hall–Kier alpha value is -1.46. The van der Waals surface area contributed by atoms with Gasteiger partial charge in [0.05, 0.1) is 6.04 Å². The Labute approximate surface area is 139 Å². The molecule has 22 heavy (non-hydrogen) atoms. The van der Waals surface area contributed by atoms with Crippen LogP contribution in [0.15, 0.2) is 39.8 Å². The van der Waals surface area contributed by atoms with Crippen LogP contribution < -0.4 is 0 Å². The van der Waals surface area contributed by atoms with Crippen molar-refractivity contribution in [3.8, 4) is 11.3 Å². The monoisotopic (exact) mass is 335 g/mol. The third-order valence-corrected chi connectivity index (χ3v) is 4.73. The minimum absolute atomic E-state index is 0.142. The van der Waals surface area contributed by atoms with Gasteiger partial charge in [-0.05, 0) is 31.7 Å². The number of hydrogen-bond acceptors (Lipinski definition) is 5. The van der Waals surface area contributed by atoms with Crippen molar-refractivity contribution in [2.24, 2.45) is 4.99 Å². The van der Waals surface area contributed by atoms with E-state index >= 15 is 0 Å². The summed E-state index contributed by atoms with van der Waals surface area (Å²) in [6, 6.07) is 9.74. The standard InChI is InChI=1S/C16H18ClN3OS/c1-11(20-8-4-7-18-16(20)22-2)14-10-15(21-19-14)12-5-3-6-13(17)9-12/h3,5-6,9-11H,4,7-8H2,1-2H3/t11-/m1/s1. The second kappa shape index (κ2) is 6.75. The van der Waals surface area contributed by atoms with Crippen LogP contribution in [0.3, 0.4) is 0 Å². The van der Waals surface area contributed by atoms with Gasteiger partial charge in [-0.15, -0.1) is 0 Å². The number of aromatic nitrogens is 1. The van der Waals surface area contributed by atoms with Gasteiger partial charge in [0.25, 0.3) is 0 Å². The van der Waals surface area contributed by atoms with Crippen LogP contribution in [-0.2, 0) is 0 Å². The van der Waals surface area contributed by atoms with Crippen molar-refractivity contribution in [3.63, 3.8) is 0 Å². The van der Waals surface area contributed by atoms with Crippen molar-refractivity contribution < 1.29 is 4.52 Å². The number of nitrogens with zero attached hydrogens (tertiary/aromatic N) is 3. The van der Waals surface area contributed by atoms with E-state index in [-0.39, 0.29) is 6.04 Å². The fraction of sp³-hybridized carbons (Fsp3) is 0.375. The van der Waals surface area contributed by atoms with Crippen LogP contribution >= 0.6 is 23.4 Å². The molecular formula is C16H18ClN3OS. The zero-order chi connectivity index (χ0) is 15.5. The smallest absolute Gasteiger partial charge is 0.167 e. The summed E-state index contributed by atoms with van der Waals surface area (Å²) in [4.78, 5) is 6.87. The van der Waals surface area contributed by atoms with Gasteiger partial charge in [0.2, 0.25) is 0 Å². The van der Waals surface area contributed by atoms with Crippen molar-refractivity contribution in [1.29, 1.82) is 0 Å². The van der Waals surface area contributed by atoms with Gasteiger partial charge < -0.3 is 9.42 Å². The number of hydrogen-bond donors (Lipinski definition) is 0. The Kier molecular flexibility index (Phi) is 4.74. The minimum Gasteiger partial charge on any atom is -0.356 e. The summed E-state index contributed by atoms with van der Waals surface area (Å²) < 4.78 is 5.50. The van der Waals surface area contributed by atoms with Gasteiger partial charge in [0, 0.05) is 29.7 Å². The van der Waals surface area contributed by atoms with Crippen molar-refractivity contribution in [1.82, 2.24) is 10.1 Å². The van der Waals surface area contributed by atoms with Crippen molar-refractivity contribution in [2.75, 3.05) is 19.3 Å². The van der Waals surface area contributed by atoms with Crippen LogP contribution in [0, 0.1) is 0 Å². The average molecular weight is 336 g/mol. The molecule has 0 radical (unpaired) electrons. The van der Waals surface area contributed by atoms with E-state index in [0.717, 1.165) is 41.7 Å². The lowest BCUT2D eigenvalue weighted by molar-refractivity contribution is 0.307. The molecule has 1 atom stereocenters. The highest BCUT2D eigenvalue weighted by atomic mass is 35.5. The van der Waals surface area contributed by atoms with E-state index in [1.807, 2.05) is 30.3 Å². The number of benzene rings is 1. The maximum Gasteiger partial charge on any atom is 0.167 e. The molecule has 3 rings (SSSR count). The Morgan fingerprint density at radius 2 is 2.23 bits per heavy atom. The Morgan fingerprint density at radius 3 is 3.00 bits per heavy atom. The second-order valence-corrected chi connectivity index (χ2v) is 6.43. The van der Waals surface area contributed by atoms with E-state index in [1.54, 1.807) is 11.8 Å². The van der Waals surface area contributed by atoms with E-state index in [2.05, 4.69) is 28.2 Å². The Bertz CT molecular complexity index is 686. The molecule has 1 aromatic carbocycles. The summed E-state index contributed by atoms with van der Waals surface area (Å²) in [7, 11) is 0. The van der Waals surface area contributed by atoms with Crippen LogP contribution in [0.25, 0.3) is 11.3 Å². The number of halogens is 1. The fourth-order valence-corrected chi connectivity index (χ4v) is 3.46. The van der Waals surface area contributed by atoms with E-state index in [4.69, 9.17) is 16.1 Å². The first-order valence-electron chi connectivity index (χ1n) is 7.26. The average Bonchev–Trinajstić information content (AvgIpc) is 3.04. The van der Waals surface area contributed by atoms with Gasteiger partial charge in [-0.25, -0.2) is 0 Å². The summed E-state index contributed by atoms with van der Waals surface area (Å²) in [6.45, 7) is 4.04. The molecule has 0 saturated heterocycles. The zero-order valence-corrected chi connectivity index (χ0v) is 14.2. The number of amidine groups is 1. The number of aliphatic imine (C=N–C) groups is 1. The molecule has 0 saturated carbocycles. The molecule has 2 heterocycles. The van der Waals surface area contributed by atoms with Crippen LogP contribution in [-0.4, -0.2) is 34.6 Å². The maximum atomic E-state index is 6.03. The minimum atomic E-state index is 0.142. The summed E-state index contributed by atoms with van der Waals surface area (Å²) in [5.74, 6) is 0.740. The normalized spacial score (nSPS) is 16.5. The lowest BCUT2D eigenvalue weighted by Crippen LogP contribution is -2.36. The molecule has 1 aromatic heterocycles. The summed E-state index contributed by atoms with van der Waals surface area (Å²) in [6.07, 6.45) is 3.14. The first kappa shape index (κ1) is 15.4. The van der Waals surface area contributed by atoms with Crippen molar-refractivity contribution in [2.45, 2.75) is 19.4 Å². The van der Waals surface area contributed by atoms with Gasteiger partial charge >= 0.3 is 0 Å². The molecule has 1 aliphatic rings. The third kappa shape index (κ3) is 3.15. The highest BCUT2D eigenvalue weighted by molar-refractivity contribution is 8.13. The lowest BCUT2D eigenvalue weighted by Gasteiger charge is -2.32. The van der Waals surface area contributed by atoms with Crippen molar-refractivity contribution >= 4 is 28.5 Å². The molecule has 0 spiro atoms. The van der Waals surface area contributed by atoms with Gasteiger partial charge in [0.15, 0.2) is 10.9 Å². The van der Waals surface area contributed by atoms with Crippen molar-refractivity contribution in [3.05, 3.63) is 41.0 Å². The highest BCUT2D eigenvalue weighted by Crippen LogP contribution is 2.29. The van der Waals surface area contributed by atoms with E-state index in [1.165, 1.54) is 0 Å². The lowest BCUT2D eigenvalue weighted by atomic mass is 10.1. The first-order chi connectivity index (χ1) is 10.7. The largest absolute Gasteiger partial charge is 0.356 e. The molecule has 4 nitrogen and oxygen atoms in total. The SMILES string of the molecule is CSC1=NCCCN1[C@H](C)c1cc(-c2cccc(Cl)c2)on1. The summed E-state index contributed by atoms with van der Waals surface area (Å²) in [5, 5.41) is 6.01. The van der Waals surface area contributed by atoms with E-state index < -0.39 is 0 Å². The maximum absolute atomic E-state index is 6.03. The predicted molar refractivity (Wildman–Crippen MR) is 92.5 cm³/mol. The summed E-state index contributed by atoms with van der Waals surface area (Å²) >= 11 is 7.72.